The molecule has 1 N–H and O–H groups in total. The molecule has 3 rings (SSSR count). The molecular formula is C19H18F2N2O4. The van der Waals surface area contributed by atoms with Crippen LogP contribution in [0.3, 0.4) is 0 Å². The Morgan fingerprint density at radius 2 is 1.85 bits per heavy atom. The smallest absolute Gasteiger partial charge is 0.337 e. The van der Waals surface area contributed by atoms with E-state index in [9.17, 15) is 23.5 Å². The number of amides is 2. The number of benzene rings is 2. The molecule has 2 aromatic rings. The topological polar surface area (TPSA) is 70.1 Å². The fraction of sp³-hybridized carbons (Fsp3) is 0.263. The number of carbonyl (C=O) groups excluding carboxylic acids is 2. The summed E-state index contributed by atoms with van der Waals surface area (Å²) >= 11 is 0. The molecule has 27 heavy (non-hydrogen) atoms. The molecule has 0 aromatic heterocycles. The lowest BCUT2D eigenvalue weighted by molar-refractivity contribution is 0.0600. The molecule has 0 radical (unpaired) electrons. The first-order valence-corrected chi connectivity index (χ1v) is 8.18. The number of phenols is 1. The van der Waals surface area contributed by atoms with Crippen molar-refractivity contribution in [3.8, 4) is 5.75 Å². The minimum atomic E-state index is -0.966. The van der Waals surface area contributed by atoms with E-state index in [2.05, 4.69) is 0 Å². The quantitative estimate of drug-likeness (QED) is 0.831. The van der Waals surface area contributed by atoms with Crippen LogP contribution in [0, 0.1) is 11.6 Å². The van der Waals surface area contributed by atoms with E-state index in [1.54, 1.807) is 19.2 Å². The van der Waals surface area contributed by atoms with E-state index < -0.39 is 35.9 Å². The average Bonchev–Trinajstić information content (AvgIpc) is 2.63. The summed E-state index contributed by atoms with van der Waals surface area (Å²) in [5.41, 5.74) is 0.959. The van der Waals surface area contributed by atoms with Crippen molar-refractivity contribution >= 4 is 17.7 Å². The third kappa shape index (κ3) is 3.18. The number of rotatable bonds is 3. The van der Waals surface area contributed by atoms with Crippen molar-refractivity contribution in [3.05, 3.63) is 58.7 Å². The van der Waals surface area contributed by atoms with Gasteiger partial charge in [-0.05, 0) is 24.6 Å². The number of esters is 1. The third-order valence-electron chi connectivity index (χ3n) is 4.75. The highest BCUT2D eigenvalue weighted by atomic mass is 19.1. The largest absolute Gasteiger partial charge is 0.508 e. The first-order chi connectivity index (χ1) is 12.7. The van der Waals surface area contributed by atoms with Crippen LogP contribution in [0.4, 0.5) is 19.3 Å². The van der Waals surface area contributed by atoms with Crippen LogP contribution in [0.15, 0.2) is 30.3 Å². The Labute approximate surface area is 154 Å². The van der Waals surface area contributed by atoms with Gasteiger partial charge >= 0.3 is 12.0 Å². The minimum Gasteiger partial charge on any atom is -0.508 e. The maximum atomic E-state index is 14.2. The Balaban J connectivity index is 2.11. The van der Waals surface area contributed by atoms with E-state index in [4.69, 9.17) is 4.74 Å². The predicted octanol–water partition coefficient (Wildman–Crippen LogP) is 3.59. The molecular weight excluding hydrogens is 358 g/mol. The van der Waals surface area contributed by atoms with E-state index in [0.29, 0.717) is 5.69 Å². The van der Waals surface area contributed by atoms with Crippen LogP contribution >= 0.6 is 0 Å². The molecule has 8 heteroatoms. The number of urea groups is 1. The zero-order valence-electron chi connectivity index (χ0n) is 15.0. The highest BCUT2D eigenvalue weighted by Gasteiger charge is 2.34. The monoisotopic (exact) mass is 376 g/mol. The predicted molar refractivity (Wildman–Crippen MR) is 93.6 cm³/mol. The minimum absolute atomic E-state index is 0.220. The van der Waals surface area contributed by atoms with Crippen molar-refractivity contribution in [2.45, 2.75) is 19.5 Å². The van der Waals surface area contributed by atoms with Gasteiger partial charge in [0.2, 0.25) is 0 Å². The van der Waals surface area contributed by atoms with Crippen LogP contribution < -0.4 is 4.90 Å². The van der Waals surface area contributed by atoms with Crippen LogP contribution in [-0.4, -0.2) is 36.2 Å². The zero-order valence-corrected chi connectivity index (χ0v) is 15.0. The molecule has 0 saturated carbocycles. The van der Waals surface area contributed by atoms with E-state index in [0.717, 1.165) is 17.7 Å². The maximum absolute atomic E-state index is 14.2. The number of ether oxygens (including phenoxy) is 1. The highest BCUT2D eigenvalue weighted by molar-refractivity contribution is 5.98. The highest BCUT2D eigenvalue weighted by Crippen LogP contribution is 2.38. The number of carbonyl (C=O) groups is 2. The Morgan fingerprint density at radius 3 is 2.44 bits per heavy atom. The summed E-state index contributed by atoms with van der Waals surface area (Å²) in [5.74, 6) is -3.06. The van der Waals surface area contributed by atoms with Gasteiger partial charge in [-0.15, -0.1) is 0 Å². The second-order valence-electron chi connectivity index (χ2n) is 6.31. The van der Waals surface area contributed by atoms with Gasteiger partial charge < -0.3 is 14.7 Å². The van der Waals surface area contributed by atoms with Crippen molar-refractivity contribution < 1.29 is 28.2 Å². The number of methoxy groups -OCH3 is 1. The molecule has 142 valence electrons. The average molecular weight is 376 g/mol. The number of fused-ring (bicyclic) bond motifs is 1. The molecule has 2 amide bonds. The first-order valence-electron chi connectivity index (χ1n) is 8.18. The van der Waals surface area contributed by atoms with Gasteiger partial charge in [0.25, 0.3) is 0 Å². The van der Waals surface area contributed by atoms with E-state index in [-0.39, 0.29) is 17.2 Å². The second-order valence-corrected chi connectivity index (χ2v) is 6.31. The molecule has 0 unspecified atom stereocenters. The summed E-state index contributed by atoms with van der Waals surface area (Å²) in [6.45, 7) is 1.42. The molecule has 0 spiro atoms. The zero-order chi connectivity index (χ0) is 19.9. The Morgan fingerprint density at radius 1 is 1.22 bits per heavy atom. The fourth-order valence-electron chi connectivity index (χ4n) is 3.09. The summed E-state index contributed by atoms with van der Waals surface area (Å²) < 4.78 is 33.1. The van der Waals surface area contributed by atoms with Crippen molar-refractivity contribution in [1.82, 2.24) is 4.90 Å². The van der Waals surface area contributed by atoms with E-state index in [1.807, 2.05) is 6.92 Å². The molecule has 0 aliphatic carbocycles. The van der Waals surface area contributed by atoms with Crippen LogP contribution in [-0.2, 0) is 11.3 Å². The van der Waals surface area contributed by atoms with Crippen molar-refractivity contribution in [2.75, 3.05) is 19.1 Å². The number of aromatic hydroxyl groups is 1. The van der Waals surface area contributed by atoms with Crippen LogP contribution in [0.25, 0.3) is 0 Å². The molecule has 0 fully saturated rings. The number of hydrogen-bond acceptors (Lipinski definition) is 4. The summed E-state index contributed by atoms with van der Waals surface area (Å²) in [6, 6.07) is 5.54. The van der Waals surface area contributed by atoms with Gasteiger partial charge in [-0.2, -0.15) is 0 Å². The van der Waals surface area contributed by atoms with Crippen molar-refractivity contribution in [3.63, 3.8) is 0 Å². The van der Waals surface area contributed by atoms with Gasteiger partial charge in [0.1, 0.15) is 17.4 Å². The lowest BCUT2D eigenvalue weighted by Gasteiger charge is -2.39. The molecule has 1 heterocycles. The number of halogens is 2. The SMILES string of the molecule is COC(=O)c1ccc2c(c1)N(Cc1c(F)cc(O)cc1F)C(=O)N(C)[C@H]2C. The van der Waals surface area contributed by atoms with Gasteiger partial charge in [-0.25, -0.2) is 18.4 Å². The lowest BCUT2D eigenvalue weighted by atomic mass is 9.98. The maximum Gasteiger partial charge on any atom is 0.337 e. The molecule has 0 bridgehead atoms. The Hall–Kier alpha value is -3.16. The Bertz CT molecular complexity index is 909. The molecule has 1 atom stereocenters. The van der Waals surface area contributed by atoms with Crippen molar-refractivity contribution in [1.29, 1.82) is 0 Å². The number of phenolic OH excluding ortho intramolecular Hbond substituents is 1. The normalized spacial score (nSPS) is 16.3. The fourth-order valence-corrected chi connectivity index (χ4v) is 3.09. The summed E-state index contributed by atoms with van der Waals surface area (Å²) in [6.07, 6.45) is 0. The van der Waals surface area contributed by atoms with E-state index >= 15 is 0 Å². The lowest BCUT2D eigenvalue weighted by Crippen LogP contribution is -2.46. The number of nitrogens with zero attached hydrogens (tertiary/aromatic N) is 2. The van der Waals surface area contributed by atoms with Gasteiger partial charge in [-0.3, -0.25) is 4.90 Å². The van der Waals surface area contributed by atoms with Gasteiger partial charge in [0, 0.05) is 24.7 Å². The molecule has 1 aliphatic rings. The summed E-state index contributed by atoms with van der Waals surface area (Å²) in [5, 5.41) is 9.32. The molecule has 2 aromatic carbocycles. The Kier molecular flexibility index (Phi) is 4.73. The number of hydrogen-bond donors (Lipinski definition) is 1. The second kappa shape index (κ2) is 6.86. The van der Waals surface area contributed by atoms with Gasteiger partial charge in [0.15, 0.2) is 0 Å². The molecule has 6 nitrogen and oxygen atoms in total. The van der Waals surface area contributed by atoms with Crippen LogP contribution in [0.2, 0.25) is 0 Å². The first kappa shape index (κ1) is 18.6. The van der Waals surface area contributed by atoms with Gasteiger partial charge in [-0.1, -0.05) is 6.07 Å². The standard InChI is InChI=1S/C19H18F2N2O4/c1-10-13-5-4-11(18(25)27-3)6-17(13)23(19(26)22(10)2)9-14-15(20)7-12(24)8-16(14)21/h4-8,10,24H,9H2,1-3H3/t10-/m0/s1. The summed E-state index contributed by atoms with van der Waals surface area (Å²) in [4.78, 5) is 27.3. The van der Waals surface area contributed by atoms with Crippen LogP contribution in [0.5, 0.6) is 5.75 Å². The summed E-state index contributed by atoms with van der Waals surface area (Å²) in [7, 11) is 2.82. The van der Waals surface area contributed by atoms with Gasteiger partial charge in [0.05, 0.1) is 30.9 Å². The van der Waals surface area contributed by atoms with Crippen molar-refractivity contribution in [2.24, 2.45) is 0 Å². The third-order valence-corrected chi connectivity index (χ3v) is 4.75. The van der Waals surface area contributed by atoms with Crippen LogP contribution in [0.1, 0.15) is 34.5 Å². The number of anilines is 1. The molecule has 1 aliphatic heterocycles. The van der Waals surface area contributed by atoms with E-state index in [1.165, 1.54) is 23.0 Å². The molecule has 0 saturated heterocycles.